The molecule has 0 saturated heterocycles. The standard InChI is InChI=1S/C4H7NO2.CH2O/c1-3(2-6)4(5)7;1-2/h6H,1-2H2,(H2,5,7);1H2. The van der Waals surface area contributed by atoms with Crippen LogP contribution in [0.25, 0.3) is 0 Å². The summed E-state index contributed by atoms with van der Waals surface area (Å²) in [5.74, 6) is -0.650. The molecule has 0 aliphatic rings. The van der Waals surface area contributed by atoms with E-state index in [1.165, 1.54) is 0 Å². The highest BCUT2D eigenvalue weighted by atomic mass is 16.3. The van der Waals surface area contributed by atoms with Crippen LogP contribution in [0.4, 0.5) is 0 Å². The molecule has 0 aliphatic carbocycles. The molecule has 0 aromatic rings. The van der Waals surface area contributed by atoms with Crippen molar-refractivity contribution in [2.24, 2.45) is 5.73 Å². The lowest BCUT2D eigenvalue weighted by atomic mass is 10.3. The number of aliphatic hydroxyl groups excluding tert-OH is 1. The van der Waals surface area contributed by atoms with Crippen LogP contribution in [-0.4, -0.2) is 24.4 Å². The number of hydrogen-bond donors (Lipinski definition) is 2. The maximum absolute atomic E-state index is 9.89. The molecule has 4 nitrogen and oxygen atoms in total. The minimum atomic E-state index is -0.650. The summed E-state index contributed by atoms with van der Waals surface area (Å²) in [6.07, 6.45) is 0. The Bertz CT molecular complexity index is 111. The minimum Gasteiger partial charge on any atom is -0.391 e. The van der Waals surface area contributed by atoms with E-state index < -0.39 is 5.91 Å². The summed E-state index contributed by atoms with van der Waals surface area (Å²) in [6.45, 7) is 4.80. The number of carbonyl (C=O) groups is 2. The fourth-order valence-corrected chi connectivity index (χ4v) is 0.0779. The molecule has 0 radical (unpaired) electrons. The molecular weight excluding hydrogens is 122 g/mol. The Hall–Kier alpha value is -1.16. The van der Waals surface area contributed by atoms with Crippen molar-refractivity contribution in [1.29, 1.82) is 0 Å². The Morgan fingerprint density at radius 1 is 1.56 bits per heavy atom. The van der Waals surface area contributed by atoms with Crippen molar-refractivity contribution < 1.29 is 14.7 Å². The van der Waals surface area contributed by atoms with Gasteiger partial charge in [0.15, 0.2) is 0 Å². The first-order chi connectivity index (χ1) is 4.18. The smallest absolute Gasteiger partial charge is 0.246 e. The Labute approximate surface area is 53.0 Å². The van der Waals surface area contributed by atoms with Crippen molar-refractivity contribution in [2.75, 3.05) is 6.61 Å². The second-order valence-electron chi connectivity index (χ2n) is 1.13. The van der Waals surface area contributed by atoms with Crippen LogP contribution in [0.1, 0.15) is 0 Å². The van der Waals surface area contributed by atoms with Crippen LogP contribution in [0.5, 0.6) is 0 Å². The molecule has 1 amide bonds. The summed E-state index contributed by atoms with van der Waals surface area (Å²) in [4.78, 5) is 17.9. The van der Waals surface area contributed by atoms with Gasteiger partial charge in [0.25, 0.3) is 0 Å². The van der Waals surface area contributed by atoms with Gasteiger partial charge < -0.3 is 15.6 Å². The predicted molar refractivity (Wildman–Crippen MR) is 32.5 cm³/mol. The number of amides is 1. The number of hydrogen-bond acceptors (Lipinski definition) is 3. The topological polar surface area (TPSA) is 80.4 Å². The third-order valence-electron chi connectivity index (χ3n) is 0.539. The third kappa shape index (κ3) is 6.84. The van der Waals surface area contributed by atoms with Gasteiger partial charge in [0.05, 0.1) is 6.61 Å². The Kier molecular flexibility index (Phi) is 8.17. The molecule has 0 saturated carbocycles. The zero-order valence-electron chi connectivity index (χ0n) is 4.96. The number of rotatable bonds is 2. The van der Waals surface area contributed by atoms with E-state index in [1.54, 1.807) is 0 Å². The highest BCUT2D eigenvalue weighted by Gasteiger charge is 1.94. The van der Waals surface area contributed by atoms with Crippen LogP contribution in [0.3, 0.4) is 0 Å². The SMILES string of the molecule is C=C(CO)C(N)=O.C=O. The average molecular weight is 131 g/mol. The molecule has 0 spiro atoms. The number of aliphatic hydroxyl groups is 1. The second-order valence-corrected chi connectivity index (χ2v) is 1.13. The van der Waals surface area contributed by atoms with E-state index in [1.807, 2.05) is 6.79 Å². The van der Waals surface area contributed by atoms with Crippen molar-refractivity contribution >= 4 is 12.7 Å². The van der Waals surface area contributed by atoms with E-state index in [0.717, 1.165) is 0 Å². The number of nitrogens with two attached hydrogens (primary N) is 1. The maximum atomic E-state index is 9.89. The van der Waals surface area contributed by atoms with Gasteiger partial charge in [0, 0.05) is 5.57 Å². The lowest BCUT2D eigenvalue weighted by Crippen LogP contribution is -2.14. The van der Waals surface area contributed by atoms with Gasteiger partial charge in [-0.2, -0.15) is 0 Å². The first kappa shape index (κ1) is 10.8. The molecule has 3 N–H and O–H groups in total. The fraction of sp³-hybridized carbons (Fsp3) is 0.200. The van der Waals surface area contributed by atoms with Crippen LogP contribution < -0.4 is 5.73 Å². The van der Waals surface area contributed by atoms with E-state index in [-0.39, 0.29) is 12.2 Å². The molecule has 0 rings (SSSR count). The Morgan fingerprint density at radius 3 is 1.89 bits per heavy atom. The molecule has 0 fully saturated rings. The lowest BCUT2D eigenvalue weighted by molar-refractivity contribution is -0.114. The second kappa shape index (κ2) is 6.84. The van der Waals surface area contributed by atoms with Crippen LogP contribution in [0, 0.1) is 0 Å². The molecule has 4 heteroatoms. The molecule has 0 unspecified atom stereocenters. The van der Waals surface area contributed by atoms with Gasteiger partial charge >= 0.3 is 0 Å². The van der Waals surface area contributed by atoms with Crippen LogP contribution in [0.2, 0.25) is 0 Å². The van der Waals surface area contributed by atoms with E-state index in [4.69, 9.17) is 9.90 Å². The summed E-state index contributed by atoms with van der Waals surface area (Å²) in [7, 11) is 0. The first-order valence-electron chi connectivity index (χ1n) is 2.05. The number of primary amides is 1. The molecule has 0 aromatic heterocycles. The van der Waals surface area contributed by atoms with Crippen LogP contribution in [-0.2, 0) is 9.59 Å². The molecule has 0 aliphatic heterocycles. The van der Waals surface area contributed by atoms with E-state index >= 15 is 0 Å². The normalized spacial score (nSPS) is 6.78. The van der Waals surface area contributed by atoms with E-state index in [0.29, 0.717) is 0 Å². The van der Waals surface area contributed by atoms with Gasteiger partial charge in [-0.3, -0.25) is 4.79 Å². The van der Waals surface area contributed by atoms with Gasteiger partial charge in [0.1, 0.15) is 6.79 Å². The van der Waals surface area contributed by atoms with Crippen molar-refractivity contribution in [3.05, 3.63) is 12.2 Å². The van der Waals surface area contributed by atoms with E-state index in [9.17, 15) is 4.79 Å². The fourth-order valence-electron chi connectivity index (χ4n) is 0.0779. The quantitative estimate of drug-likeness (QED) is 0.463. The summed E-state index contributed by atoms with van der Waals surface area (Å²) < 4.78 is 0. The molecule has 0 bridgehead atoms. The van der Waals surface area contributed by atoms with Crippen molar-refractivity contribution in [1.82, 2.24) is 0 Å². The molecule has 0 atom stereocenters. The van der Waals surface area contributed by atoms with Gasteiger partial charge in [-0.1, -0.05) is 6.58 Å². The van der Waals surface area contributed by atoms with E-state index in [2.05, 4.69) is 12.3 Å². The maximum Gasteiger partial charge on any atom is 0.246 e. The van der Waals surface area contributed by atoms with Crippen molar-refractivity contribution in [3.63, 3.8) is 0 Å². The highest BCUT2D eigenvalue weighted by Crippen LogP contribution is 1.80. The summed E-state index contributed by atoms with van der Waals surface area (Å²) in [5.41, 5.74) is 4.69. The molecular formula is C5H9NO3. The Morgan fingerprint density at radius 2 is 1.89 bits per heavy atom. The zero-order valence-corrected chi connectivity index (χ0v) is 4.96. The minimum absolute atomic E-state index is 0.0417. The van der Waals surface area contributed by atoms with Gasteiger partial charge in [-0.25, -0.2) is 0 Å². The van der Waals surface area contributed by atoms with Gasteiger partial charge in [-0.05, 0) is 0 Å². The van der Waals surface area contributed by atoms with Crippen LogP contribution in [0.15, 0.2) is 12.2 Å². The predicted octanol–water partition coefficient (Wildman–Crippen LogP) is -1.16. The average Bonchev–Trinajstić information content (AvgIpc) is 1.91. The third-order valence-corrected chi connectivity index (χ3v) is 0.539. The van der Waals surface area contributed by atoms with Crippen molar-refractivity contribution in [3.8, 4) is 0 Å². The molecule has 0 heterocycles. The summed E-state index contributed by atoms with van der Waals surface area (Å²) in [6, 6.07) is 0. The summed E-state index contributed by atoms with van der Waals surface area (Å²) >= 11 is 0. The highest BCUT2D eigenvalue weighted by molar-refractivity contribution is 5.91. The van der Waals surface area contributed by atoms with Gasteiger partial charge in [0.2, 0.25) is 5.91 Å². The van der Waals surface area contributed by atoms with Crippen molar-refractivity contribution in [2.45, 2.75) is 0 Å². The number of carbonyl (C=O) groups excluding carboxylic acids is 2. The zero-order chi connectivity index (χ0) is 7.86. The molecule has 9 heavy (non-hydrogen) atoms. The molecule has 52 valence electrons. The largest absolute Gasteiger partial charge is 0.391 e. The van der Waals surface area contributed by atoms with Crippen LogP contribution >= 0.6 is 0 Å². The summed E-state index contributed by atoms with van der Waals surface area (Å²) in [5, 5.41) is 8.10. The Balaban J connectivity index is 0. The lowest BCUT2D eigenvalue weighted by Gasteiger charge is -1.88. The molecule has 0 aromatic carbocycles. The first-order valence-corrected chi connectivity index (χ1v) is 2.05. The monoisotopic (exact) mass is 131 g/mol. The van der Waals surface area contributed by atoms with Gasteiger partial charge in [-0.15, -0.1) is 0 Å².